The fraction of sp³-hybridized carbons (Fsp3) is 0.250. The van der Waals surface area contributed by atoms with Crippen LogP contribution >= 0.6 is 11.6 Å². The van der Waals surface area contributed by atoms with E-state index in [9.17, 15) is 21.6 Å². The number of benzene rings is 1. The summed E-state index contributed by atoms with van der Waals surface area (Å²) in [5.74, 6) is 0.926. The van der Waals surface area contributed by atoms with Gasteiger partial charge in [-0.3, -0.25) is 4.98 Å². The van der Waals surface area contributed by atoms with Gasteiger partial charge in [-0.1, -0.05) is 25.4 Å². The molecule has 0 amide bonds. The maximum absolute atomic E-state index is 12.9. The Bertz CT molecular complexity index is 1530. The summed E-state index contributed by atoms with van der Waals surface area (Å²) in [6.45, 7) is 4.58. The average Bonchev–Trinajstić information content (AvgIpc) is 2.83. The number of ether oxygens (including phenoxy) is 1. The Hall–Kier alpha value is -3.35. The molecule has 0 saturated carbocycles. The number of anilines is 2. The molecule has 3 heterocycles. The highest BCUT2D eigenvalue weighted by Gasteiger charge is 2.46. The van der Waals surface area contributed by atoms with E-state index < -0.39 is 20.2 Å². The van der Waals surface area contributed by atoms with Crippen LogP contribution in [0.15, 0.2) is 59.6 Å². The molecule has 0 spiro atoms. The largest absolute Gasteiger partial charge is 0.501 e. The van der Waals surface area contributed by atoms with Gasteiger partial charge in [0.25, 0.3) is 9.84 Å². The topological polar surface area (TPSA) is 107 Å². The van der Waals surface area contributed by atoms with Gasteiger partial charge in [0, 0.05) is 18.5 Å². The zero-order chi connectivity index (χ0) is 26.8. The smallest absolute Gasteiger partial charge is 0.373 e. The summed E-state index contributed by atoms with van der Waals surface area (Å²) in [5.41, 5.74) is -3.81. The second-order valence-corrected chi connectivity index (χ2v) is 10.7. The first-order valence-corrected chi connectivity index (χ1v) is 12.9. The number of halogens is 4. The molecule has 0 fully saturated rings. The first kappa shape index (κ1) is 26.7. The van der Waals surface area contributed by atoms with Crippen molar-refractivity contribution in [2.24, 2.45) is 5.92 Å². The van der Waals surface area contributed by atoms with E-state index in [-0.39, 0.29) is 6.61 Å². The summed E-state index contributed by atoms with van der Waals surface area (Å²) in [4.78, 5) is 17.0. The van der Waals surface area contributed by atoms with Crippen molar-refractivity contribution in [1.29, 1.82) is 0 Å². The van der Waals surface area contributed by atoms with E-state index >= 15 is 0 Å². The van der Waals surface area contributed by atoms with Gasteiger partial charge in [0.1, 0.15) is 18.1 Å². The van der Waals surface area contributed by atoms with E-state index in [1.165, 1.54) is 12.1 Å². The van der Waals surface area contributed by atoms with Gasteiger partial charge < -0.3 is 10.1 Å². The third-order valence-corrected chi connectivity index (χ3v) is 6.83. The molecule has 8 nitrogen and oxygen atoms in total. The quantitative estimate of drug-likeness (QED) is 0.286. The van der Waals surface area contributed by atoms with Gasteiger partial charge >= 0.3 is 5.51 Å². The molecule has 0 saturated heterocycles. The number of pyridine rings is 2. The molecule has 0 aliphatic rings. The molecule has 0 aliphatic carbocycles. The van der Waals surface area contributed by atoms with Crippen molar-refractivity contribution < 1.29 is 26.3 Å². The number of nitrogens with zero attached hydrogens (tertiary/aromatic N) is 4. The van der Waals surface area contributed by atoms with Gasteiger partial charge in [0.15, 0.2) is 11.5 Å². The molecular formula is C24H21ClF3N5O3S. The maximum Gasteiger partial charge on any atom is 0.501 e. The number of alkyl halides is 3. The standard InChI is InChI=1S/C24H21ClF3N5O3S/c1-14(2)12-36-13-20-32-22(30-15-5-7-16(8-6-15)37(34,35)24(26,27)28)17-9-10-19(31-23(17)33-20)21-18(25)4-3-11-29-21/h3-11,14H,12-13H2,1-2H3,(H,30,31,32,33). The Morgan fingerprint density at radius 1 is 1.03 bits per heavy atom. The highest BCUT2D eigenvalue weighted by molar-refractivity contribution is 7.92. The Morgan fingerprint density at radius 3 is 2.41 bits per heavy atom. The second kappa shape index (κ2) is 10.6. The molecule has 1 N–H and O–H groups in total. The third-order valence-electron chi connectivity index (χ3n) is 5.02. The molecule has 4 aromatic rings. The minimum atomic E-state index is -5.46. The minimum Gasteiger partial charge on any atom is -0.373 e. The van der Waals surface area contributed by atoms with Crippen LogP contribution in [0.2, 0.25) is 5.02 Å². The molecule has 3 aromatic heterocycles. The zero-order valence-electron chi connectivity index (χ0n) is 19.6. The van der Waals surface area contributed by atoms with Crippen molar-refractivity contribution >= 4 is 44.0 Å². The van der Waals surface area contributed by atoms with E-state index in [1.54, 1.807) is 30.5 Å². The fourth-order valence-electron chi connectivity index (χ4n) is 3.29. The first-order chi connectivity index (χ1) is 17.5. The molecule has 194 valence electrons. The monoisotopic (exact) mass is 551 g/mol. The highest BCUT2D eigenvalue weighted by atomic mass is 35.5. The lowest BCUT2D eigenvalue weighted by molar-refractivity contribution is -0.0436. The number of fused-ring (bicyclic) bond motifs is 1. The van der Waals surface area contributed by atoms with Crippen molar-refractivity contribution in [3.63, 3.8) is 0 Å². The van der Waals surface area contributed by atoms with Crippen LogP contribution in [-0.2, 0) is 21.2 Å². The number of rotatable bonds is 8. The normalized spacial score (nSPS) is 12.3. The molecule has 0 radical (unpaired) electrons. The molecule has 4 rings (SSSR count). The highest BCUT2D eigenvalue weighted by Crippen LogP contribution is 2.32. The van der Waals surface area contributed by atoms with E-state index in [0.29, 0.717) is 57.3 Å². The summed E-state index contributed by atoms with van der Waals surface area (Å²) < 4.78 is 67.6. The SMILES string of the molecule is CC(C)COCc1nc(Nc2ccc(S(=O)(=O)C(F)(F)F)cc2)c2ccc(-c3ncccc3Cl)nc2n1. The Kier molecular flexibility index (Phi) is 7.62. The lowest BCUT2D eigenvalue weighted by atomic mass is 10.2. The molecule has 0 atom stereocenters. The lowest BCUT2D eigenvalue weighted by Crippen LogP contribution is -2.23. The molecule has 0 aliphatic heterocycles. The lowest BCUT2D eigenvalue weighted by Gasteiger charge is -2.13. The maximum atomic E-state index is 12.9. The third kappa shape index (κ3) is 5.97. The molecule has 0 unspecified atom stereocenters. The van der Waals surface area contributed by atoms with Crippen molar-refractivity contribution in [3.8, 4) is 11.4 Å². The molecule has 1 aromatic carbocycles. The summed E-state index contributed by atoms with van der Waals surface area (Å²) in [6, 6.07) is 11.0. The Morgan fingerprint density at radius 2 is 1.76 bits per heavy atom. The van der Waals surface area contributed by atoms with Crippen LogP contribution in [0.1, 0.15) is 19.7 Å². The van der Waals surface area contributed by atoms with Crippen molar-refractivity contribution in [2.45, 2.75) is 30.9 Å². The van der Waals surface area contributed by atoms with Crippen molar-refractivity contribution in [2.75, 3.05) is 11.9 Å². The number of sulfone groups is 1. The number of aromatic nitrogens is 4. The number of hydrogen-bond donors (Lipinski definition) is 1. The second-order valence-electron chi connectivity index (χ2n) is 8.40. The Balaban J connectivity index is 1.72. The van der Waals surface area contributed by atoms with E-state index in [1.807, 2.05) is 13.8 Å². The molecule has 13 heteroatoms. The predicted molar refractivity (Wildman–Crippen MR) is 133 cm³/mol. The summed E-state index contributed by atoms with van der Waals surface area (Å²) in [7, 11) is -5.46. The minimum absolute atomic E-state index is 0.0990. The van der Waals surface area contributed by atoms with E-state index in [0.717, 1.165) is 12.1 Å². The first-order valence-electron chi connectivity index (χ1n) is 11.0. The van der Waals surface area contributed by atoms with Gasteiger partial charge in [-0.05, 0) is 54.4 Å². The fourth-order valence-corrected chi connectivity index (χ4v) is 4.27. The number of hydrogen-bond acceptors (Lipinski definition) is 8. The summed E-state index contributed by atoms with van der Waals surface area (Å²) in [6.07, 6.45) is 1.59. The van der Waals surface area contributed by atoms with Crippen LogP contribution in [0, 0.1) is 5.92 Å². The van der Waals surface area contributed by atoms with Crippen LogP contribution in [0.4, 0.5) is 24.7 Å². The van der Waals surface area contributed by atoms with Crippen LogP contribution in [0.25, 0.3) is 22.4 Å². The number of nitrogens with one attached hydrogen (secondary N) is 1. The van der Waals surface area contributed by atoms with Crippen LogP contribution in [0.5, 0.6) is 0 Å². The Labute approximate surface area is 215 Å². The molecular weight excluding hydrogens is 531 g/mol. The van der Waals surface area contributed by atoms with Gasteiger partial charge in [-0.15, -0.1) is 0 Å². The average molecular weight is 552 g/mol. The van der Waals surface area contributed by atoms with Crippen LogP contribution in [0.3, 0.4) is 0 Å². The van der Waals surface area contributed by atoms with Crippen molar-refractivity contribution in [3.05, 3.63) is 65.6 Å². The van der Waals surface area contributed by atoms with E-state index in [2.05, 4.69) is 25.3 Å². The molecule has 0 bridgehead atoms. The summed E-state index contributed by atoms with van der Waals surface area (Å²) >= 11 is 6.27. The van der Waals surface area contributed by atoms with Crippen LogP contribution < -0.4 is 5.32 Å². The summed E-state index contributed by atoms with van der Waals surface area (Å²) in [5, 5.41) is 3.93. The van der Waals surface area contributed by atoms with Crippen molar-refractivity contribution in [1.82, 2.24) is 19.9 Å². The van der Waals surface area contributed by atoms with E-state index in [4.69, 9.17) is 16.3 Å². The predicted octanol–water partition coefficient (Wildman–Crippen LogP) is 5.95. The van der Waals surface area contributed by atoms with Gasteiger partial charge in [-0.2, -0.15) is 13.2 Å². The van der Waals surface area contributed by atoms with Gasteiger partial charge in [0.2, 0.25) is 0 Å². The molecule has 37 heavy (non-hydrogen) atoms. The van der Waals surface area contributed by atoms with Gasteiger partial charge in [-0.25, -0.2) is 23.4 Å². The van der Waals surface area contributed by atoms with Gasteiger partial charge in [0.05, 0.1) is 21.0 Å². The van der Waals surface area contributed by atoms with Crippen LogP contribution in [-0.4, -0.2) is 40.5 Å². The zero-order valence-corrected chi connectivity index (χ0v) is 21.2.